The van der Waals surface area contributed by atoms with Gasteiger partial charge in [0.15, 0.2) is 0 Å². The van der Waals surface area contributed by atoms with Gasteiger partial charge >= 0.3 is 0 Å². The number of rotatable bonds is 1. The van der Waals surface area contributed by atoms with Gasteiger partial charge in [0.2, 0.25) is 0 Å². The van der Waals surface area contributed by atoms with Gasteiger partial charge in [-0.05, 0) is 22.0 Å². The van der Waals surface area contributed by atoms with E-state index in [1.165, 1.54) is 0 Å². The van der Waals surface area contributed by atoms with E-state index in [0.717, 1.165) is 35.6 Å². The Balaban J connectivity index is 1.88. The van der Waals surface area contributed by atoms with E-state index in [0.29, 0.717) is 0 Å². The number of nitrogens with zero attached hydrogens (tertiary/aromatic N) is 4. The summed E-state index contributed by atoms with van der Waals surface area (Å²) in [6.07, 6.45) is 7.58. The fourth-order valence-electron chi connectivity index (χ4n) is 1.97. The maximum absolute atomic E-state index is 4.34. The van der Waals surface area contributed by atoms with Gasteiger partial charge in [-0.3, -0.25) is 4.98 Å². The molecule has 1 aliphatic rings. The molecule has 5 heteroatoms. The SMILES string of the molecule is Brc1cncc(N2CCn3ccnc3C2)c1. The molecule has 2 aromatic heterocycles. The normalized spacial score (nSPS) is 14.9. The van der Waals surface area contributed by atoms with Gasteiger partial charge in [-0.1, -0.05) is 0 Å². The quantitative estimate of drug-likeness (QED) is 0.801. The van der Waals surface area contributed by atoms with Crippen LogP contribution in [0.5, 0.6) is 0 Å². The largest absolute Gasteiger partial charge is 0.361 e. The number of hydrogen-bond acceptors (Lipinski definition) is 3. The van der Waals surface area contributed by atoms with Gasteiger partial charge < -0.3 is 9.47 Å². The van der Waals surface area contributed by atoms with Crippen LogP contribution in [0, 0.1) is 0 Å². The van der Waals surface area contributed by atoms with E-state index in [-0.39, 0.29) is 0 Å². The van der Waals surface area contributed by atoms with E-state index in [1.807, 2.05) is 18.6 Å². The molecule has 0 N–H and O–H groups in total. The molecular formula is C11H11BrN4. The first kappa shape index (κ1) is 9.84. The molecule has 82 valence electrons. The first-order valence-electron chi connectivity index (χ1n) is 5.18. The number of hydrogen-bond donors (Lipinski definition) is 0. The lowest BCUT2D eigenvalue weighted by molar-refractivity contribution is 0.559. The van der Waals surface area contributed by atoms with E-state index >= 15 is 0 Å². The number of pyridine rings is 1. The van der Waals surface area contributed by atoms with Crippen LogP contribution in [0.2, 0.25) is 0 Å². The summed E-state index contributed by atoms with van der Waals surface area (Å²) in [7, 11) is 0. The molecule has 0 saturated carbocycles. The summed E-state index contributed by atoms with van der Waals surface area (Å²) < 4.78 is 3.21. The molecule has 0 radical (unpaired) electrons. The Kier molecular flexibility index (Phi) is 2.40. The zero-order valence-corrected chi connectivity index (χ0v) is 10.3. The second-order valence-corrected chi connectivity index (χ2v) is 4.74. The number of halogens is 1. The fourth-order valence-corrected chi connectivity index (χ4v) is 2.32. The highest BCUT2D eigenvalue weighted by Gasteiger charge is 2.16. The maximum Gasteiger partial charge on any atom is 0.128 e. The topological polar surface area (TPSA) is 34.0 Å². The number of anilines is 1. The highest BCUT2D eigenvalue weighted by atomic mass is 79.9. The van der Waals surface area contributed by atoms with Crippen LogP contribution in [0.4, 0.5) is 5.69 Å². The molecule has 0 saturated heterocycles. The first-order valence-corrected chi connectivity index (χ1v) is 5.98. The summed E-state index contributed by atoms with van der Waals surface area (Å²) in [6, 6.07) is 2.09. The average molecular weight is 279 g/mol. The third-order valence-electron chi connectivity index (χ3n) is 2.80. The van der Waals surface area contributed by atoms with Gasteiger partial charge in [0, 0.05) is 36.2 Å². The molecule has 0 bridgehead atoms. The Morgan fingerprint density at radius 3 is 3.06 bits per heavy atom. The second-order valence-electron chi connectivity index (χ2n) is 3.82. The molecule has 2 aromatic rings. The van der Waals surface area contributed by atoms with Crippen LogP contribution in [-0.2, 0) is 13.1 Å². The van der Waals surface area contributed by atoms with Crippen LogP contribution >= 0.6 is 15.9 Å². The van der Waals surface area contributed by atoms with Crippen molar-refractivity contribution in [2.75, 3.05) is 11.4 Å². The van der Waals surface area contributed by atoms with Gasteiger partial charge in [0.25, 0.3) is 0 Å². The van der Waals surface area contributed by atoms with E-state index in [4.69, 9.17) is 0 Å². The Labute approximate surface area is 102 Å². The van der Waals surface area contributed by atoms with Gasteiger partial charge in [0.05, 0.1) is 18.4 Å². The monoisotopic (exact) mass is 278 g/mol. The molecule has 0 unspecified atom stereocenters. The zero-order chi connectivity index (χ0) is 11.0. The van der Waals surface area contributed by atoms with Crippen molar-refractivity contribution in [2.45, 2.75) is 13.1 Å². The van der Waals surface area contributed by atoms with Crippen molar-refractivity contribution in [3.63, 3.8) is 0 Å². The molecule has 0 spiro atoms. The molecule has 0 aliphatic carbocycles. The molecule has 4 nitrogen and oxygen atoms in total. The van der Waals surface area contributed by atoms with Crippen molar-refractivity contribution in [1.82, 2.24) is 14.5 Å². The summed E-state index contributed by atoms with van der Waals surface area (Å²) in [4.78, 5) is 10.8. The predicted octanol–water partition coefficient (Wildman–Crippen LogP) is 2.06. The summed E-state index contributed by atoms with van der Waals surface area (Å²) in [5, 5.41) is 0. The first-order chi connectivity index (χ1) is 7.83. The van der Waals surface area contributed by atoms with Crippen LogP contribution in [-0.4, -0.2) is 21.1 Å². The minimum absolute atomic E-state index is 0.852. The lowest BCUT2D eigenvalue weighted by Crippen LogP contribution is -2.33. The van der Waals surface area contributed by atoms with Gasteiger partial charge in [-0.25, -0.2) is 4.98 Å². The molecule has 0 amide bonds. The van der Waals surface area contributed by atoms with Crippen LogP contribution in [0.1, 0.15) is 5.82 Å². The smallest absolute Gasteiger partial charge is 0.128 e. The molecule has 3 heterocycles. The molecule has 3 rings (SSSR count). The standard InChI is InChI=1S/C11H11BrN4/c12-9-5-10(7-13-6-9)16-4-3-15-2-1-14-11(15)8-16/h1-2,5-7H,3-4,8H2. The Morgan fingerprint density at radius 2 is 2.19 bits per heavy atom. The molecule has 16 heavy (non-hydrogen) atoms. The highest BCUT2D eigenvalue weighted by Crippen LogP contribution is 2.22. The van der Waals surface area contributed by atoms with Crippen molar-refractivity contribution in [3.8, 4) is 0 Å². The number of aromatic nitrogens is 3. The lowest BCUT2D eigenvalue weighted by atomic mass is 10.3. The van der Waals surface area contributed by atoms with Crippen LogP contribution in [0.25, 0.3) is 0 Å². The summed E-state index contributed by atoms with van der Waals surface area (Å²) in [5.74, 6) is 1.12. The fraction of sp³-hybridized carbons (Fsp3) is 0.273. The molecule has 0 atom stereocenters. The molecule has 0 aromatic carbocycles. The van der Waals surface area contributed by atoms with Gasteiger partial charge in [-0.15, -0.1) is 0 Å². The lowest BCUT2D eigenvalue weighted by Gasteiger charge is -2.29. The number of fused-ring (bicyclic) bond motifs is 1. The molecular weight excluding hydrogens is 268 g/mol. The summed E-state index contributed by atoms with van der Waals surface area (Å²) in [5.41, 5.74) is 1.14. The van der Waals surface area contributed by atoms with E-state index in [9.17, 15) is 0 Å². The van der Waals surface area contributed by atoms with Crippen molar-refractivity contribution < 1.29 is 0 Å². The van der Waals surface area contributed by atoms with Crippen molar-refractivity contribution in [3.05, 3.63) is 41.2 Å². The van der Waals surface area contributed by atoms with Crippen LogP contribution in [0.15, 0.2) is 35.3 Å². The van der Waals surface area contributed by atoms with Gasteiger partial charge in [-0.2, -0.15) is 0 Å². The van der Waals surface area contributed by atoms with Crippen molar-refractivity contribution in [2.24, 2.45) is 0 Å². The summed E-state index contributed by atoms with van der Waals surface area (Å²) in [6.45, 7) is 2.84. The van der Waals surface area contributed by atoms with E-state index < -0.39 is 0 Å². The Hall–Kier alpha value is -1.36. The van der Waals surface area contributed by atoms with E-state index in [1.54, 1.807) is 6.20 Å². The Morgan fingerprint density at radius 1 is 1.25 bits per heavy atom. The highest BCUT2D eigenvalue weighted by molar-refractivity contribution is 9.10. The van der Waals surface area contributed by atoms with E-state index in [2.05, 4.69) is 41.4 Å². The van der Waals surface area contributed by atoms with Gasteiger partial charge in [0.1, 0.15) is 5.82 Å². The molecule has 0 fully saturated rings. The third-order valence-corrected chi connectivity index (χ3v) is 3.23. The Bertz CT molecular complexity index is 508. The predicted molar refractivity (Wildman–Crippen MR) is 65.2 cm³/mol. The van der Waals surface area contributed by atoms with Crippen LogP contribution < -0.4 is 4.90 Å². The minimum Gasteiger partial charge on any atom is -0.361 e. The maximum atomic E-state index is 4.34. The van der Waals surface area contributed by atoms with Crippen LogP contribution in [0.3, 0.4) is 0 Å². The second kappa shape index (κ2) is 3.90. The minimum atomic E-state index is 0.852. The third kappa shape index (κ3) is 1.71. The van der Waals surface area contributed by atoms with Crippen molar-refractivity contribution in [1.29, 1.82) is 0 Å². The summed E-state index contributed by atoms with van der Waals surface area (Å²) >= 11 is 3.44. The zero-order valence-electron chi connectivity index (χ0n) is 8.67. The number of imidazole rings is 1. The molecule has 1 aliphatic heterocycles. The van der Waals surface area contributed by atoms with Crippen molar-refractivity contribution >= 4 is 21.6 Å². The average Bonchev–Trinajstić information content (AvgIpc) is 2.75.